The van der Waals surface area contributed by atoms with E-state index in [0.29, 0.717) is 17.5 Å². The van der Waals surface area contributed by atoms with Crippen LogP contribution in [0.2, 0.25) is 0 Å². The predicted octanol–water partition coefficient (Wildman–Crippen LogP) is 16.3. The summed E-state index contributed by atoms with van der Waals surface area (Å²) in [6.07, 6.45) is 0. The molecule has 322 valence electrons. The molecule has 0 fully saturated rings. The Morgan fingerprint density at radius 2 is 0.739 bits per heavy atom. The van der Waals surface area contributed by atoms with Crippen LogP contribution in [0.15, 0.2) is 241 Å². The third-order valence-electron chi connectivity index (χ3n) is 13.6. The van der Waals surface area contributed by atoms with Crippen molar-refractivity contribution in [3.8, 4) is 67.8 Å². The molecule has 4 aromatic heterocycles. The van der Waals surface area contributed by atoms with Crippen molar-refractivity contribution in [2.24, 2.45) is 0 Å². The second-order valence-corrected chi connectivity index (χ2v) is 17.6. The van der Waals surface area contributed by atoms with Crippen LogP contribution in [0.25, 0.3) is 133 Å². The second kappa shape index (κ2) is 15.6. The SMILES string of the molecule is c1ccc(-c2nc(-c3ccc(-c4ccc(-c5ccc6oc7ccccc7c6c5)c(-n5c6ccccc6c6ccccc65)c4)cc3)nc(-c3cccc(-n4c5ccccc5c5ccccc54)c3)n2)cc1. The molecule has 0 radical (unpaired) electrons. The van der Waals surface area contributed by atoms with E-state index < -0.39 is 0 Å². The molecule has 0 aliphatic carbocycles. The van der Waals surface area contributed by atoms with Gasteiger partial charge in [-0.15, -0.1) is 0 Å². The maximum absolute atomic E-state index is 6.26. The van der Waals surface area contributed by atoms with Gasteiger partial charge in [0.25, 0.3) is 0 Å². The Bertz CT molecular complexity index is 4210. The minimum Gasteiger partial charge on any atom is -0.456 e. The number of benzene rings is 10. The van der Waals surface area contributed by atoms with Crippen LogP contribution in [0.5, 0.6) is 0 Å². The number of para-hydroxylation sites is 5. The zero-order chi connectivity index (χ0) is 45.4. The Balaban J connectivity index is 0.895. The fourth-order valence-electron chi connectivity index (χ4n) is 10.4. The average Bonchev–Trinajstić information content (AvgIpc) is 4.09. The highest BCUT2D eigenvalue weighted by atomic mass is 16.3. The summed E-state index contributed by atoms with van der Waals surface area (Å²) in [5.41, 5.74) is 15.7. The van der Waals surface area contributed by atoms with Crippen molar-refractivity contribution in [3.05, 3.63) is 237 Å². The zero-order valence-electron chi connectivity index (χ0n) is 37.2. The van der Waals surface area contributed by atoms with E-state index in [2.05, 4.69) is 203 Å². The molecule has 6 nitrogen and oxygen atoms in total. The molecule has 6 heteroatoms. The number of furan rings is 1. The van der Waals surface area contributed by atoms with Gasteiger partial charge in [-0.05, 0) is 77.4 Å². The van der Waals surface area contributed by atoms with Crippen molar-refractivity contribution in [1.29, 1.82) is 0 Å². The minimum absolute atomic E-state index is 0.608. The Morgan fingerprint density at radius 1 is 0.275 bits per heavy atom. The Morgan fingerprint density at radius 3 is 1.38 bits per heavy atom. The molecule has 0 spiro atoms. The van der Waals surface area contributed by atoms with E-state index in [9.17, 15) is 0 Å². The van der Waals surface area contributed by atoms with E-state index >= 15 is 0 Å². The molecule has 0 saturated heterocycles. The maximum atomic E-state index is 6.26. The summed E-state index contributed by atoms with van der Waals surface area (Å²) in [4.78, 5) is 15.4. The van der Waals surface area contributed by atoms with Crippen molar-refractivity contribution in [2.45, 2.75) is 0 Å². The maximum Gasteiger partial charge on any atom is 0.164 e. The number of hydrogen-bond donors (Lipinski definition) is 0. The highest BCUT2D eigenvalue weighted by molar-refractivity contribution is 6.11. The smallest absolute Gasteiger partial charge is 0.164 e. The van der Waals surface area contributed by atoms with Crippen LogP contribution in [0.3, 0.4) is 0 Å². The third kappa shape index (κ3) is 6.38. The van der Waals surface area contributed by atoms with Crippen molar-refractivity contribution in [2.75, 3.05) is 0 Å². The first-order valence-corrected chi connectivity index (χ1v) is 23.3. The fraction of sp³-hybridized carbons (Fsp3) is 0. The van der Waals surface area contributed by atoms with Gasteiger partial charge < -0.3 is 13.6 Å². The van der Waals surface area contributed by atoms with Gasteiger partial charge in [-0.25, -0.2) is 15.0 Å². The van der Waals surface area contributed by atoms with E-state index in [-0.39, 0.29) is 0 Å². The Hall–Kier alpha value is -9.39. The molecule has 0 saturated carbocycles. The van der Waals surface area contributed by atoms with E-state index in [1.807, 2.05) is 42.5 Å². The summed E-state index contributed by atoms with van der Waals surface area (Å²) < 4.78 is 11.0. The summed E-state index contributed by atoms with van der Waals surface area (Å²) in [7, 11) is 0. The second-order valence-electron chi connectivity index (χ2n) is 17.6. The number of fused-ring (bicyclic) bond motifs is 9. The zero-order valence-corrected chi connectivity index (χ0v) is 37.2. The number of hydrogen-bond acceptors (Lipinski definition) is 4. The molecule has 69 heavy (non-hydrogen) atoms. The van der Waals surface area contributed by atoms with E-state index in [4.69, 9.17) is 19.4 Å². The monoisotopic (exact) mass is 881 g/mol. The van der Waals surface area contributed by atoms with Gasteiger partial charge in [0.15, 0.2) is 17.5 Å². The summed E-state index contributed by atoms with van der Waals surface area (Å²) in [5, 5.41) is 7.08. The van der Waals surface area contributed by atoms with Crippen molar-refractivity contribution < 1.29 is 4.42 Å². The highest BCUT2D eigenvalue weighted by Gasteiger charge is 2.20. The predicted molar refractivity (Wildman–Crippen MR) is 283 cm³/mol. The molecule has 4 heterocycles. The quantitative estimate of drug-likeness (QED) is 0.160. The molecule has 0 aliphatic rings. The Labute approximate surface area is 396 Å². The number of nitrogens with zero attached hydrogens (tertiary/aromatic N) is 5. The summed E-state index contributed by atoms with van der Waals surface area (Å²) >= 11 is 0. The molecule has 0 N–H and O–H groups in total. The van der Waals surface area contributed by atoms with Gasteiger partial charge in [0.05, 0.1) is 27.8 Å². The van der Waals surface area contributed by atoms with E-state index in [1.165, 1.54) is 21.5 Å². The number of aromatic nitrogens is 5. The van der Waals surface area contributed by atoms with Crippen molar-refractivity contribution >= 4 is 65.6 Å². The molecule has 0 bridgehead atoms. The van der Waals surface area contributed by atoms with Crippen LogP contribution < -0.4 is 0 Å². The number of rotatable bonds is 7. The first-order valence-electron chi connectivity index (χ1n) is 23.3. The molecule has 0 unspecified atom stereocenters. The van der Waals surface area contributed by atoms with E-state index in [1.54, 1.807) is 0 Å². The standard InChI is InChI=1S/C63H39N5O/c1-2-15-41(16-3-1)61-64-62(66-63(65-61)45-17-14-18-46(37-45)67-54-24-9-4-19-48(54)49-20-5-10-25-55(49)67)42-31-29-40(30-32-42)43-33-35-47(44-34-36-60-53(38-44)52-23-8-13-28-59(52)69-60)58(39-43)68-56-26-11-6-21-50(56)51-22-7-12-27-57(51)68/h1-39H. The molecule has 14 rings (SSSR count). The topological polar surface area (TPSA) is 61.7 Å². The molecule has 10 aromatic carbocycles. The van der Waals surface area contributed by atoms with Crippen molar-refractivity contribution in [1.82, 2.24) is 24.1 Å². The van der Waals surface area contributed by atoms with Gasteiger partial charge in [-0.1, -0.05) is 176 Å². The van der Waals surface area contributed by atoms with Gasteiger partial charge in [0, 0.05) is 60.3 Å². The van der Waals surface area contributed by atoms with Crippen LogP contribution >= 0.6 is 0 Å². The van der Waals surface area contributed by atoms with Crippen molar-refractivity contribution in [3.63, 3.8) is 0 Å². The first-order chi connectivity index (χ1) is 34.2. The molecule has 0 aliphatic heterocycles. The largest absolute Gasteiger partial charge is 0.456 e. The van der Waals surface area contributed by atoms with Gasteiger partial charge >= 0.3 is 0 Å². The van der Waals surface area contributed by atoms with Gasteiger partial charge in [0.1, 0.15) is 11.2 Å². The van der Waals surface area contributed by atoms with Crippen LogP contribution in [0, 0.1) is 0 Å². The Kier molecular flexibility index (Phi) is 8.79. The first kappa shape index (κ1) is 38.8. The molecular weight excluding hydrogens is 843 g/mol. The lowest BCUT2D eigenvalue weighted by atomic mass is 9.96. The highest BCUT2D eigenvalue weighted by Crippen LogP contribution is 2.41. The lowest BCUT2D eigenvalue weighted by Gasteiger charge is -2.16. The van der Waals surface area contributed by atoms with Crippen LogP contribution in [0.1, 0.15) is 0 Å². The van der Waals surface area contributed by atoms with Gasteiger partial charge in [0.2, 0.25) is 0 Å². The lowest BCUT2D eigenvalue weighted by molar-refractivity contribution is 0.669. The summed E-state index contributed by atoms with van der Waals surface area (Å²) in [6.45, 7) is 0. The fourth-order valence-corrected chi connectivity index (χ4v) is 10.4. The molecular formula is C63H39N5O. The van der Waals surface area contributed by atoms with E-state index in [0.717, 1.165) is 94.3 Å². The van der Waals surface area contributed by atoms with Crippen LogP contribution in [-0.2, 0) is 0 Å². The summed E-state index contributed by atoms with van der Waals surface area (Å²) in [5.74, 6) is 1.84. The molecule has 14 aromatic rings. The average molecular weight is 882 g/mol. The lowest BCUT2D eigenvalue weighted by Crippen LogP contribution is -2.01. The van der Waals surface area contributed by atoms with Crippen LogP contribution in [-0.4, -0.2) is 24.1 Å². The van der Waals surface area contributed by atoms with Gasteiger partial charge in [-0.2, -0.15) is 0 Å². The summed E-state index contributed by atoms with van der Waals surface area (Å²) in [6, 6.07) is 83.5. The third-order valence-corrected chi connectivity index (χ3v) is 13.6. The minimum atomic E-state index is 0.608. The normalized spacial score (nSPS) is 11.8. The molecule has 0 atom stereocenters. The van der Waals surface area contributed by atoms with Crippen LogP contribution in [0.4, 0.5) is 0 Å². The van der Waals surface area contributed by atoms with Gasteiger partial charge in [-0.3, -0.25) is 0 Å². The molecule has 0 amide bonds.